The zero-order valence-corrected chi connectivity index (χ0v) is 11.1. The molecule has 0 heterocycles. The predicted molar refractivity (Wildman–Crippen MR) is 69.5 cm³/mol. The molecule has 0 unspecified atom stereocenters. The number of amides is 2. The van der Waals surface area contributed by atoms with Gasteiger partial charge in [0.1, 0.15) is 6.54 Å². The molecule has 1 saturated carbocycles. The molecular formula is C13H22N2O4. The highest BCUT2D eigenvalue weighted by Crippen LogP contribution is 2.25. The SMILES string of the molecule is O=C(O)CNC(=O)CNC(=O)CC1CCCCCC1. The van der Waals surface area contributed by atoms with Gasteiger partial charge in [0.25, 0.3) is 0 Å². The minimum Gasteiger partial charge on any atom is -0.480 e. The van der Waals surface area contributed by atoms with Crippen molar-refractivity contribution >= 4 is 17.8 Å². The number of carbonyl (C=O) groups excluding carboxylic acids is 2. The third-order valence-electron chi connectivity index (χ3n) is 3.33. The molecule has 1 rings (SSSR count). The second-order valence-electron chi connectivity index (χ2n) is 5.01. The van der Waals surface area contributed by atoms with E-state index in [1.807, 2.05) is 0 Å². The van der Waals surface area contributed by atoms with Crippen LogP contribution in [-0.2, 0) is 14.4 Å². The monoisotopic (exact) mass is 270 g/mol. The van der Waals surface area contributed by atoms with E-state index in [1.165, 1.54) is 25.7 Å². The van der Waals surface area contributed by atoms with Gasteiger partial charge in [0.15, 0.2) is 0 Å². The summed E-state index contributed by atoms with van der Waals surface area (Å²) >= 11 is 0. The van der Waals surface area contributed by atoms with E-state index < -0.39 is 18.4 Å². The molecule has 0 aromatic rings. The van der Waals surface area contributed by atoms with E-state index in [2.05, 4.69) is 10.6 Å². The molecule has 1 aliphatic rings. The minimum absolute atomic E-state index is 0.127. The van der Waals surface area contributed by atoms with Crippen molar-refractivity contribution in [3.05, 3.63) is 0 Å². The predicted octanol–water partition coefficient (Wildman–Crippen LogP) is 0.664. The zero-order chi connectivity index (χ0) is 14.1. The quantitative estimate of drug-likeness (QED) is 0.618. The lowest BCUT2D eigenvalue weighted by Crippen LogP contribution is -2.39. The van der Waals surface area contributed by atoms with Crippen LogP contribution in [0, 0.1) is 5.92 Å². The van der Waals surface area contributed by atoms with Crippen LogP contribution < -0.4 is 10.6 Å². The smallest absolute Gasteiger partial charge is 0.322 e. The Morgan fingerprint density at radius 2 is 1.47 bits per heavy atom. The standard InChI is InChI=1S/C13H22N2O4/c16-11(7-10-5-3-1-2-4-6-10)14-8-12(17)15-9-13(18)19/h10H,1-9H2,(H,14,16)(H,15,17)(H,18,19). The Morgan fingerprint density at radius 1 is 0.895 bits per heavy atom. The maximum atomic E-state index is 11.7. The molecule has 6 heteroatoms. The second kappa shape index (κ2) is 8.50. The van der Waals surface area contributed by atoms with Crippen molar-refractivity contribution in [3.8, 4) is 0 Å². The van der Waals surface area contributed by atoms with Crippen LogP contribution in [0.5, 0.6) is 0 Å². The van der Waals surface area contributed by atoms with Crippen LogP contribution in [0.25, 0.3) is 0 Å². The normalized spacial score (nSPS) is 16.4. The summed E-state index contributed by atoms with van der Waals surface area (Å²) in [4.78, 5) is 33.1. The highest BCUT2D eigenvalue weighted by Gasteiger charge is 2.16. The van der Waals surface area contributed by atoms with Crippen LogP contribution >= 0.6 is 0 Å². The molecule has 0 radical (unpaired) electrons. The molecule has 0 bridgehead atoms. The molecule has 0 saturated heterocycles. The van der Waals surface area contributed by atoms with Crippen molar-refractivity contribution in [1.82, 2.24) is 10.6 Å². The second-order valence-corrected chi connectivity index (χ2v) is 5.01. The summed E-state index contributed by atoms with van der Waals surface area (Å²) in [5.41, 5.74) is 0. The fourth-order valence-electron chi connectivity index (χ4n) is 2.32. The van der Waals surface area contributed by atoms with Crippen LogP contribution in [0.3, 0.4) is 0 Å². The first-order valence-corrected chi connectivity index (χ1v) is 6.83. The van der Waals surface area contributed by atoms with Crippen molar-refractivity contribution in [3.63, 3.8) is 0 Å². The first-order chi connectivity index (χ1) is 9.08. The van der Waals surface area contributed by atoms with E-state index in [0.29, 0.717) is 12.3 Å². The number of aliphatic carboxylic acids is 1. The highest BCUT2D eigenvalue weighted by molar-refractivity contribution is 5.86. The fraction of sp³-hybridized carbons (Fsp3) is 0.769. The summed E-state index contributed by atoms with van der Waals surface area (Å²) < 4.78 is 0. The topological polar surface area (TPSA) is 95.5 Å². The van der Waals surface area contributed by atoms with Crippen molar-refractivity contribution in [1.29, 1.82) is 0 Å². The van der Waals surface area contributed by atoms with Crippen molar-refractivity contribution < 1.29 is 19.5 Å². The van der Waals surface area contributed by atoms with Crippen LogP contribution in [0.15, 0.2) is 0 Å². The summed E-state index contributed by atoms with van der Waals surface area (Å²) in [6, 6.07) is 0. The van der Waals surface area contributed by atoms with Gasteiger partial charge < -0.3 is 15.7 Å². The third-order valence-corrected chi connectivity index (χ3v) is 3.33. The van der Waals surface area contributed by atoms with E-state index in [1.54, 1.807) is 0 Å². The average molecular weight is 270 g/mol. The molecule has 0 aromatic carbocycles. The van der Waals surface area contributed by atoms with Gasteiger partial charge in [-0.1, -0.05) is 25.7 Å². The Bertz CT molecular complexity index is 323. The maximum Gasteiger partial charge on any atom is 0.322 e. The Labute approximate surface area is 112 Å². The summed E-state index contributed by atoms with van der Waals surface area (Å²) in [7, 11) is 0. The zero-order valence-electron chi connectivity index (χ0n) is 11.1. The summed E-state index contributed by atoms with van der Waals surface area (Å²) in [6.45, 7) is -0.573. The summed E-state index contributed by atoms with van der Waals surface area (Å²) in [6.07, 6.45) is 7.48. The number of hydrogen-bond donors (Lipinski definition) is 3. The van der Waals surface area contributed by atoms with Gasteiger partial charge in [-0.15, -0.1) is 0 Å². The van der Waals surface area contributed by atoms with E-state index in [4.69, 9.17) is 5.11 Å². The Kier molecular flexibility index (Phi) is 6.92. The molecule has 0 atom stereocenters. The maximum absolute atomic E-state index is 11.7. The molecule has 1 fully saturated rings. The lowest BCUT2D eigenvalue weighted by Gasteiger charge is -2.13. The first kappa shape index (κ1) is 15.5. The van der Waals surface area contributed by atoms with Crippen molar-refractivity contribution in [2.45, 2.75) is 44.9 Å². The van der Waals surface area contributed by atoms with E-state index in [0.717, 1.165) is 12.8 Å². The minimum atomic E-state index is -1.10. The molecule has 0 aliphatic heterocycles. The molecule has 19 heavy (non-hydrogen) atoms. The number of carbonyl (C=O) groups is 3. The van der Waals surface area contributed by atoms with Gasteiger partial charge in [0.2, 0.25) is 11.8 Å². The molecule has 0 aromatic heterocycles. The van der Waals surface area contributed by atoms with Crippen LogP contribution in [0.1, 0.15) is 44.9 Å². The first-order valence-electron chi connectivity index (χ1n) is 6.83. The highest BCUT2D eigenvalue weighted by atomic mass is 16.4. The molecular weight excluding hydrogens is 248 g/mol. The Morgan fingerprint density at radius 3 is 2.05 bits per heavy atom. The molecule has 2 amide bonds. The number of carboxylic acid groups (broad SMARTS) is 1. The van der Waals surface area contributed by atoms with Gasteiger partial charge in [-0.25, -0.2) is 0 Å². The molecule has 6 nitrogen and oxygen atoms in total. The molecule has 108 valence electrons. The lowest BCUT2D eigenvalue weighted by atomic mass is 9.96. The molecule has 0 spiro atoms. The van der Waals surface area contributed by atoms with Gasteiger partial charge in [0, 0.05) is 6.42 Å². The lowest BCUT2D eigenvalue weighted by molar-refractivity contribution is -0.137. The van der Waals surface area contributed by atoms with Crippen LogP contribution in [-0.4, -0.2) is 36.0 Å². The summed E-state index contributed by atoms with van der Waals surface area (Å²) in [5.74, 6) is -1.28. The molecule has 3 N–H and O–H groups in total. The number of hydrogen-bond acceptors (Lipinski definition) is 3. The number of rotatable bonds is 6. The van der Waals surface area contributed by atoms with E-state index in [-0.39, 0.29) is 12.5 Å². The molecule has 1 aliphatic carbocycles. The average Bonchev–Trinajstić information content (AvgIpc) is 2.62. The third kappa shape index (κ3) is 7.43. The number of carboxylic acids is 1. The number of nitrogens with one attached hydrogen (secondary N) is 2. The Balaban J connectivity index is 2.16. The van der Waals surface area contributed by atoms with Crippen molar-refractivity contribution in [2.75, 3.05) is 13.1 Å². The van der Waals surface area contributed by atoms with Gasteiger partial charge in [0.05, 0.1) is 6.54 Å². The van der Waals surface area contributed by atoms with E-state index in [9.17, 15) is 14.4 Å². The summed E-state index contributed by atoms with van der Waals surface area (Å²) in [5, 5.41) is 13.1. The van der Waals surface area contributed by atoms with E-state index >= 15 is 0 Å². The van der Waals surface area contributed by atoms with Gasteiger partial charge in [-0.3, -0.25) is 14.4 Å². The van der Waals surface area contributed by atoms with Crippen molar-refractivity contribution in [2.24, 2.45) is 5.92 Å². The van der Waals surface area contributed by atoms with Gasteiger partial charge in [-0.05, 0) is 18.8 Å². The van der Waals surface area contributed by atoms with Crippen LogP contribution in [0.2, 0.25) is 0 Å². The fourth-order valence-corrected chi connectivity index (χ4v) is 2.32. The Hall–Kier alpha value is -1.59. The van der Waals surface area contributed by atoms with Gasteiger partial charge in [-0.2, -0.15) is 0 Å². The van der Waals surface area contributed by atoms with Crippen LogP contribution in [0.4, 0.5) is 0 Å². The van der Waals surface area contributed by atoms with Gasteiger partial charge >= 0.3 is 5.97 Å². The largest absolute Gasteiger partial charge is 0.480 e.